The first kappa shape index (κ1) is 14.1. The summed E-state index contributed by atoms with van der Waals surface area (Å²) < 4.78 is 13.0. The first-order chi connectivity index (χ1) is 11.0. The number of ether oxygens (including phenoxy) is 1. The molecule has 0 atom stereocenters. The van der Waals surface area contributed by atoms with E-state index in [2.05, 4.69) is 16.5 Å². The van der Waals surface area contributed by atoms with Crippen molar-refractivity contribution in [2.24, 2.45) is 0 Å². The Hall–Kier alpha value is -2.47. The first-order valence-corrected chi connectivity index (χ1v) is 7.54. The topological polar surface area (TPSA) is 70.2 Å². The summed E-state index contributed by atoms with van der Waals surface area (Å²) in [6, 6.07) is 1.98. The number of rotatable bonds is 2. The second-order valence-corrected chi connectivity index (χ2v) is 6.44. The molecule has 118 valence electrons. The van der Waals surface area contributed by atoms with E-state index >= 15 is 0 Å². The third-order valence-electron chi connectivity index (χ3n) is 4.14. The van der Waals surface area contributed by atoms with Crippen molar-refractivity contribution >= 4 is 22.2 Å². The molecule has 6 nitrogen and oxygen atoms in total. The maximum atomic E-state index is 12.4. The molecule has 0 amide bonds. The normalized spacial score (nSPS) is 16.6. The third kappa shape index (κ3) is 2.17. The first-order valence-electron chi connectivity index (χ1n) is 7.54. The Bertz CT molecular complexity index is 998. The summed E-state index contributed by atoms with van der Waals surface area (Å²) in [6.45, 7) is 8.62. The molecule has 0 N–H and O–H groups in total. The Morgan fingerprint density at radius 1 is 1.48 bits per heavy atom. The summed E-state index contributed by atoms with van der Waals surface area (Å²) in [5.41, 5.74) is 2.76. The number of hydrogen-bond acceptors (Lipinski definition) is 5. The lowest BCUT2D eigenvalue weighted by molar-refractivity contribution is -0.0411. The summed E-state index contributed by atoms with van der Waals surface area (Å²) in [4.78, 5) is 21.4. The monoisotopic (exact) mass is 311 g/mol. The van der Waals surface area contributed by atoms with Gasteiger partial charge < -0.3 is 9.15 Å². The van der Waals surface area contributed by atoms with E-state index in [1.54, 1.807) is 6.08 Å². The summed E-state index contributed by atoms with van der Waals surface area (Å²) in [5, 5.41) is 0.755. The van der Waals surface area contributed by atoms with E-state index in [1.807, 2.05) is 19.9 Å². The third-order valence-corrected chi connectivity index (χ3v) is 4.14. The molecule has 1 aliphatic heterocycles. The van der Waals surface area contributed by atoms with Gasteiger partial charge in [0, 0.05) is 18.5 Å². The lowest BCUT2D eigenvalue weighted by Gasteiger charge is -2.30. The molecule has 6 heteroatoms. The van der Waals surface area contributed by atoms with Gasteiger partial charge in [-0.05, 0) is 19.9 Å². The van der Waals surface area contributed by atoms with Gasteiger partial charge in [0.05, 0.1) is 29.6 Å². The Morgan fingerprint density at radius 3 is 3.09 bits per heavy atom. The largest absolute Gasteiger partial charge is 0.430 e. The van der Waals surface area contributed by atoms with E-state index in [0.717, 1.165) is 16.6 Å². The molecule has 3 aromatic heterocycles. The fraction of sp³-hybridized carbons (Fsp3) is 0.353. The highest BCUT2D eigenvalue weighted by atomic mass is 16.5. The molecular weight excluding hydrogens is 294 g/mol. The van der Waals surface area contributed by atoms with Crippen molar-refractivity contribution in [3.63, 3.8) is 0 Å². The van der Waals surface area contributed by atoms with E-state index in [4.69, 9.17) is 9.15 Å². The highest BCUT2D eigenvalue weighted by Crippen LogP contribution is 2.31. The van der Waals surface area contributed by atoms with Gasteiger partial charge in [-0.25, -0.2) is 9.97 Å². The Kier molecular flexibility index (Phi) is 2.93. The maximum Gasteiger partial charge on any atom is 0.297 e. The predicted molar refractivity (Wildman–Crippen MR) is 86.3 cm³/mol. The van der Waals surface area contributed by atoms with Crippen LogP contribution in [0.2, 0.25) is 0 Å². The minimum Gasteiger partial charge on any atom is -0.430 e. The Labute approximate surface area is 132 Å². The molecule has 1 aliphatic rings. The summed E-state index contributed by atoms with van der Waals surface area (Å²) in [6.07, 6.45) is 3.87. The number of furan rings is 1. The van der Waals surface area contributed by atoms with Gasteiger partial charge >= 0.3 is 0 Å². The summed E-state index contributed by atoms with van der Waals surface area (Å²) >= 11 is 0. The molecule has 0 bridgehead atoms. The lowest BCUT2D eigenvalue weighted by atomic mass is 9.95. The number of fused-ring (bicyclic) bond motifs is 4. The van der Waals surface area contributed by atoms with Crippen LogP contribution in [0.4, 0.5) is 0 Å². The van der Waals surface area contributed by atoms with Gasteiger partial charge in [0.2, 0.25) is 11.3 Å². The van der Waals surface area contributed by atoms with Crippen molar-refractivity contribution in [3.05, 3.63) is 46.7 Å². The summed E-state index contributed by atoms with van der Waals surface area (Å²) in [7, 11) is 0. The number of aromatic nitrogens is 3. The van der Waals surface area contributed by atoms with Gasteiger partial charge in [-0.15, -0.1) is 6.58 Å². The van der Waals surface area contributed by atoms with Gasteiger partial charge in [-0.2, -0.15) is 0 Å². The minimum atomic E-state index is -0.241. The molecule has 0 aromatic carbocycles. The van der Waals surface area contributed by atoms with Gasteiger partial charge in [-0.3, -0.25) is 9.36 Å². The van der Waals surface area contributed by atoms with Crippen molar-refractivity contribution in [2.45, 2.75) is 39.0 Å². The van der Waals surface area contributed by atoms with Crippen LogP contribution < -0.4 is 5.56 Å². The van der Waals surface area contributed by atoms with E-state index in [0.29, 0.717) is 30.8 Å². The zero-order chi connectivity index (χ0) is 16.2. The average Bonchev–Trinajstić information content (AvgIpc) is 2.85. The highest BCUT2D eigenvalue weighted by Gasteiger charge is 2.28. The van der Waals surface area contributed by atoms with Crippen LogP contribution in [0.5, 0.6) is 0 Å². The van der Waals surface area contributed by atoms with Crippen LogP contribution in [0.15, 0.2) is 34.3 Å². The molecule has 0 aliphatic carbocycles. The van der Waals surface area contributed by atoms with Crippen molar-refractivity contribution in [3.8, 4) is 0 Å². The van der Waals surface area contributed by atoms with Gasteiger partial charge in [0.25, 0.3) is 5.56 Å². The number of allylic oxidation sites excluding steroid dienone is 1. The summed E-state index contributed by atoms with van der Waals surface area (Å²) in [5.74, 6) is 0. The van der Waals surface area contributed by atoms with Gasteiger partial charge in [0.1, 0.15) is 5.52 Å². The van der Waals surface area contributed by atoms with Crippen molar-refractivity contribution in [1.82, 2.24) is 14.5 Å². The average molecular weight is 311 g/mol. The molecular formula is C17H17N3O3. The second kappa shape index (κ2) is 4.76. The van der Waals surface area contributed by atoms with Crippen molar-refractivity contribution < 1.29 is 9.15 Å². The van der Waals surface area contributed by atoms with Gasteiger partial charge in [-0.1, -0.05) is 6.08 Å². The van der Waals surface area contributed by atoms with Crippen LogP contribution in [0, 0.1) is 0 Å². The quantitative estimate of drug-likeness (QED) is 0.680. The predicted octanol–water partition coefficient (Wildman–Crippen LogP) is 2.58. The molecule has 0 spiro atoms. The van der Waals surface area contributed by atoms with Crippen LogP contribution in [0.25, 0.3) is 22.2 Å². The number of nitrogens with zero attached hydrogens (tertiary/aromatic N) is 3. The van der Waals surface area contributed by atoms with E-state index in [1.165, 1.54) is 10.9 Å². The van der Waals surface area contributed by atoms with Gasteiger partial charge in [0.15, 0.2) is 0 Å². The highest BCUT2D eigenvalue weighted by molar-refractivity contribution is 6.00. The fourth-order valence-electron chi connectivity index (χ4n) is 2.95. The molecule has 0 fully saturated rings. The molecule has 0 unspecified atom stereocenters. The maximum absolute atomic E-state index is 12.4. The molecule has 3 aromatic rings. The van der Waals surface area contributed by atoms with Crippen LogP contribution in [-0.2, 0) is 24.3 Å². The van der Waals surface area contributed by atoms with E-state index in [9.17, 15) is 4.79 Å². The Balaban J connectivity index is 1.97. The zero-order valence-electron chi connectivity index (χ0n) is 13.1. The molecule has 23 heavy (non-hydrogen) atoms. The van der Waals surface area contributed by atoms with Crippen LogP contribution in [-0.4, -0.2) is 20.1 Å². The lowest BCUT2D eigenvalue weighted by Crippen LogP contribution is -2.32. The minimum absolute atomic E-state index is 0.220. The SMILES string of the molecule is C=CCn1cnc2c(oc3nc4c(cc32)COC(C)(C)C4)c1=O. The fourth-order valence-corrected chi connectivity index (χ4v) is 2.95. The van der Waals surface area contributed by atoms with Crippen molar-refractivity contribution in [2.75, 3.05) is 0 Å². The van der Waals surface area contributed by atoms with Crippen LogP contribution >= 0.6 is 0 Å². The zero-order valence-corrected chi connectivity index (χ0v) is 13.1. The molecule has 4 rings (SSSR count). The molecule has 0 radical (unpaired) electrons. The number of hydrogen-bond donors (Lipinski definition) is 0. The van der Waals surface area contributed by atoms with Crippen LogP contribution in [0.3, 0.4) is 0 Å². The van der Waals surface area contributed by atoms with Crippen molar-refractivity contribution in [1.29, 1.82) is 0 Å². The number of pyridine rings is 1. The molecule has 4 heterocycles. The molecule has 0 saturated carbocycles. The smallest absolute Gasteiger partial charge is 0.297 e. The second-order valence-electron chi connectivity index (χ2n) is 6.44. The molecule has 0 saturated heterocycles. The Morgan fingerprint density at radius 2 is 2.30 bits per heavy atom. The van der Waals surface area contributed by atoms with E-state index in [-0.39, 0.29) is 16.7 Å². The van der Waals surface area contributed by atoms with E-state index < -0.39 is 0 Å². The standard InChI is InChI=1S/C17H17N3O3/c1-4-5-20-9-18-13-11-6-10-8-22-17(2,3)7-12(10)19-15(11)23-14(13)16(20)21/h4,6,9H,1,5,7-8H2,2-3H3. The van der Waals surface area contributed by atoms with Crippen LogP contribution in [0.1, 0.15) is 25.1 Å².